The molecule has 24 heavy (non-hydrogen) atoms. The number of ether oxygens (including phenoxy) is 2. The van der Waals surface area contributed by atoms with Gasteiger partial charge in [-0.15, -0.1) is 0 Å². The molecule has 0 saturated heterocycles. The molecule has 0 heterocycles. The molecule has 0 aliphatic carbocycles. The molecule has 2 rings (SSSR count). The second-order valence-electron chi connectivity index (χ2n) is 5.39. The maximum absolute atomic E-state index is 12.1. The lowest BCUT2D eigenvalue weighted by molar-refractivity contribution is -0.139. The van der Waals surface area contributed by atoms with Crippen molar-refractivity contribution < 1.29 is 14.3 Å². The van der Waals surface area contributed by atoms with Gasteiger partial charge >= 0.3 is 6.03 Å². The van der Waals surface area contributed by atoms with Crippen LogP contribution in [-0.4, -0.2) is 32.1 Å². The number of benzene rings is 2. The lowest BCUT2D eigenvalue weighted by Crippen LogP contribution is -2.30. The summed E-state index contributed by atoms with van der Waals surface area (Å²) < 4.78 is 11.0. The first-order chi connectivity index (χ1) is 11.7. The van der Waals surface area contributed by atoms with E-state index < -0.39 is 0 Å². The zero-order valence-electron chi connectivity index (χ0n) is 14.4. The number of anilines is 1. The number of amides is 2. The Morgan fingerprint density at radius 1 is 1.04 bits per heavy atom. The van der Waals surface area contributed by atoms with Crippen molar-refractivity contribution >= 4 is 22.5 Å². The number of hydrogen-bond donors (Lipinski definition) is 2. The molecular weight excluding hydrogens is 304 g/mol. The van der Waals surface area contributed by atoms with Crippen LogP contribution in [0.3, 0.4) is 0 Å². The fraction of sp³-hybridized carbons (Fsp3) is 0.421. The van der Waals surface area contributed by atoms with E-state index in [1.807, 2.05) is 56.3 Å². The number of urea groups is 1. The van der Waals surface area contributed by atoms with Gasteiger partial charge in [-0.25, -0.2) is 4.79 Å². The molecule has 0 aliphatic heterocycles. The van der Waals surface area contributed by atoms with Crippen LogP contribution in [0.2, 0.25) is 0 Å². The molecule has 2 aromatic rings. The Bertz CT molecular complexity index is 634. The van der Waals surface area contributed by atoms with Gasteiger partial charge in [-0.1, -0.05) is 36.4 Å². The monoisotopic (exact) mass is 330 g/mol. The molecule has 2 N–H and O–H groups in total. The van der Waals surface area contributed by atoms with Crippen LogP contribution in [0.4, 0.5) is 10.5 Å². The smallest absolute Gasteiger partial charge is 0.319 e. The molecule has 0 aliphatic rings. The van der Waals surface area contributed by atoms with Crippen LogP contribution in [0.25, 0.3) is 10.8 Å². The van der Waals surface area contributed by atoms with E-state index in [1.54, 1.807) is 0 Å². The highest BCUT2D eigenvalue weighted by molar-refractivity contribution is 6.01. The van der Waals surface area contributed by atoms with Crippen molar-refractivity contribution in [3.8, 4) is 0 Å². The average Bonchev–Trinajstić information content (AvgIpc) is 2.59. The molecule has 130 valence electrons. The molecule has 2 amide bonds. The van der Waals surface area contributed by atoms with Gasteiger partial charge < -0.3 is 20.1 Å². The molecule has 5 heteroatoms. The van der Waals surface area contributed by atoms with Gasteiger partial charge in [0.05, 0.1) is 5.69 Å². The second-order valence-corrected chi connectivity index (χ2v) is 5.39. The van der Waals surface area contributed by atoms with Crippen LogP contribution in [0.1, 0.15) is 26.7 Å². The normalized spacial score (nSPS) is 11.0. The van der Waals surface area contributed by atoms with Gasteiger partial charge in [0.15, 0.2) is 6.29 Å². The van der Waals surface area contributed by atoms with Crippen molar-refractivity contribution in [2.45, 2.75) is 33.0 Å². The van der Waals surface area contributed by atoms with Gasteiger partial charge in [0.2, 0.25) is 0 Å². The zero-order valence-corrected chi connectivity index (χ0v) is 14.4. The third-order valence-electron chi connectivity index (χ3n) is 3.65. The number of hydrogen-bond acceptors (Lipinski definition) is 3. The van der Waals surface area contributed by atoms with Crippen molar-refractivity contribution in [2.24, 2.45) is 0 Å². The third-order valence-corrected chi connectivity index (χ3v) is 3.65. The van der Waals surface area contributed by atoms with E-state index in [9.17, 15) is 4.79 Å². The summed E-state index contributed by atoms with van der Waals surface area (Å²) in [6, 6.07) is 13.6. The predicted octanol–water partition coefficient (Wildman–Crippen LogP) is 4.14. The first-order valence-corrected chi connectivity index (χ1v) is 8.50. The summed E-state index contributed by atoms with van der Waals surface area (Å²) in [5.74, 6) is 0. The molecule has 0 saturated carbocycles. The minimum Gasteiger partial charge on any atom is -0.353 e. The van der Waals surface area contributed by atoms with Crippen molar-refractivity contribution in [1.29, 1.82) is 0 Å². The highest BCUT2D eigenvalue weighted by Crippen LogP contribution is 2.22. The highest BCUT2D eigenvalue weighted by Gasteiger charge is 2.08. The Labute approximate surface area is 143 Å². The summed E-state index contributed by atoms with van der Waals surface area (Å²) in [5, 5.41) is 7.92. The summed E-state index contributed by atoms with van der Waals surface area (Å²) in [4.78, 5) is 12.1. The van der Waals surface area contributed by atoms with Gasteiger partial charge in [0, 0.05) is 31.6 Å². The van der Waals surface area contributed by atoms with Gasteiger partial charge in [-0.05, 0) is 31.7 Å². The van der Waals surface area contributed by atoms with Crippen molar-refractivity contribution in [3.05, 3.63) is 42.5 Å². The van der Waals surface area contributed by atoms with E-state index in [-0.39, 0.29) is 12.3 Å². The molecule has 0 aromatic heterocycles. The Hall–Kier alpha value is -2.11. The van der Waals surface area contributed by atoms with E-state index >= 15 is 0 Å². The van der Waals surface area contributed by atoms with Gasteiger partial charge in [-0.2, -0.15) is 0 Å². The molecule has 0 bridgehead atoms. The number of carbonyl (C=O) groups is 1. The van der Waals surface area contributed by atoms with E-state index in [0.717, 1.165) is 29.3 Å². The van der Waals surface area contributed by atoms with Gasteiger partial charge in [0.25, 0.3) is 0 Å². The maximum Gasteiger partial charge on any atom is 0.319 e. The Morgan fingerprint density at radius 3 is 2.50 bits per heavy atom. The Balaban J connectivity index is 1.79. The molecule has 2 aromatic carbocycles. The first kappa shape index (κ1) is 18.2. The van der Waals surface area contributed by atoms with Gasteiger partial charge in [-0.3, -0.25) is 0 Å². The van der Waals surface area contributed by atoms with Crippen molar-refractivity contribution in [1.82, 2.24) is 5.32 Å². The van der Waals surface area contributed by atoms with E-state index in [1.165, 1.54) is 0 Å². The zero-order chi connectivity index (χ0) is 17.2. The molecule has 5 nitrogen and oxygen atoms in total. The van der Waals surface area contributed by atoms with Gasteiger partial charge in [0.1, 0.15) is 0 Å². The SMILES string of the molecule is CCOC(CCCNC(=O)Nc1cccc2ccccc12)OCC. The van der Waals surface area contributed by atoms with Crippen LogP contribution >= 0.6 is 0 Å². The molecular formula is C19H26N2O3. The molecule has 0 radical (unpaired) electrons. The fourth-order valence-electron chi connectivity index (χ4n) is 2.56. The third kappa shape index (κ3) is 5.51. The quantitative estimate of drug-likeness (QED) is 0.536. The van der Waals surface area contributed by atoms with Crippen LogP contribution in [0.15, 0.2) is 42.5 Å². The number of rotatable bonds is 9. The largest absolute Gasteiger partial charge is 0.353 e. The average molecular weight is 330 g/mol. The number of fused-ring (bicyclic) bond motifs is 1. The predicted molar refractivity (Wildman–Crippen MR) is 97.2 cm³/mol. The van der Waals surface area contributed by atoms with E-state index in [4.69, 9.17) is 9.47 Å². The minimum atomic E-state index is -0.198. The highest BCUT2D eigenvalue weighted by atomic mass is 16.7. The molecule has 0 fully saturated rings. The minimum absolute atomic E-state index is 0.192. The van der Waals surface area contributed by atoms with Crippen molar-refractivity contribution in [3.63, 3.8) is 0 Å². The lowest BCUT2D eigenvalue weighted by atomic mass is 10.1. The summed E-state index contributed by atoms with van der Waals surface area (Å²) in [5.41, 5.74) is 0.812. The van der Waals surface area contributed by atoms with Crippen LogP contribution in [0.5, 0.6) is 0 Å². The summed E-state index contributed by atoms with van der Waals surface area (Å²) in [6.07, 6.45) is 1.37. The Morgan fingerprint density at radius 2 is 1.75 bits per heavy atom. The topological polar surface area (TPSA) is 59.6 Å². The Kier molecular flexibility index (Phi) is 7.52. The van der Waals surface area contributed by atoms with E-state index in [0.29, 0.717) is 19.8 Å². The van der Waals surface area contributed by atoms with Crippen LogP contribution in [-0.2, 0) is 9.47 Å². The first-order valence-electron chi connectivity index (χ1n) is 8.50. The number of carbonyl (C=O) groups excluding carboxylic acids is 1. The fourth-order valence-corrected chi connectivity index (χ4v) is 2.56. The lowest BCUT2D eigenvalue weighted by Gasteiger charge is -2.16. The van der Waals surface area contributed by atoms with Crippen molar-refractivity contribution in [2.75, 3.05) is 25.1 Å². The second kappa shape index (κ2) is 9.90. The molecule has 0 atom stereocenters. The van der Waals surface area contributed by atoms with E-state index in [2.05, 4.69) is 10.6 Å². The summed E-state index contributed by atoms with van der Waals surface area (Å²) in [7, 11) is 0. The van der Waals surface area contributed by atoms with Crippen LogP contribution < -0.4 is 10.6 Å². The van der Waals surface area contributed by atoms with Crippen LogP contribution in [0, 0.1) is 0 Å². The standard InChI is InChI=1S/C19H26N2O3/c1-3-23-18(24-4-2)13-8-14-20-19(22)21-17-12-7-10-15-9-5-6-11-16(15)17/h5-7,9-12,18H,3-4,8,13-14H2,1-2H3,(H2,20,21,22). The molecule has 0 spiro atoms. The summed E-state index contributed by atoms with van der Waals surface area (Å²) in [6.45, 7) is 5.72. The maximum atomic E-state index is 12.1. The molecule has 0 unspecified atom stereocenters. The summed E-state index contributed by atoms with van der Waals surface area (Å²) >= 11 is 0. The number of nitrogens with one attached hydrogen (secondary N) is 2.